The maximum Gasteiger partial charge on any atom is 0.152 e. The molecule has 6 nitrogen and oxygen atoms in total. The molecule has 0 aliphatic rings. The van der Waals surface area contributed by atoms with Crippen LogP contribution in [0.25, 0.3) is 21.9 Å². The van der Waals surface area contributed by atoms with Crippen molar-refractivity contribution in [3.63, 3.8) is 0 Å². The van der Waals surface area contributed by atoms with Crippen LogP contribution in [0.15, 0.2) is 37.0 Å². The second-order valence-electron chi connectivity index (χ2n) is 5.85. The fourth-order valence-corrected chi connectivity index (χ4v) is 2.74. The van der Waals surface area contributed by atoms with Gasteiger partial charge in [0, 0.05) is 18.1 Å². The Labute approximate surface area is 134 Å². The summed E-state index contributed by atoms with van der Waals surface area (Å²) in [6.07, 6.45) is 1.49. The highest BCUT2D eigenvalue weighted by Crippen LogP contribution is 2.29. The molecule has 0 spiro atoms. The van der Waals surface area contributed by atoms with E-state index in [0.29, 0.717) is 18.3 Å². The molecule has 0 saturated carbocycles. The van der Waals surface area contributed by atoms with Gasteiger partial charge in [0.05, 0.1) is 11.0 Å². The van der Waals surface area contributed by atoms with E-state index in [0.717, 1.165) is 34.3 Å². The highest BCUT2D eigenvalue weighted by Gasteiger charge is 2.17. The fraction of sp³-hybridized carbons (Fsp3) is 0.294. The fourth-order valence-electron chi connectivity index (χ4n) is 2.74. The number of aromatic nitrogens is 3. The lowest BCUT2D eigenvalue weighted by atomic mass is 10.1. The van der Waals surface area contributed by atoms with Crippen molar-refractivity contribution in [2.45, 2.75) is 27.0 Å². The number of nitrogen functional groups attached to an aromatic ring is 1. The van der Waals surface area contributed by atoms with Crippen molar-refractivity contribution < 1.29 is 4.84 Å². The summed E-state index contributed by atoms with van der Waals surface area (Å²) in [6.45, 7) is 9.06. The Kier molecular flexibility index (Phi) is 4.16. The van der Waals surface area contributed by atoms with Gasteiger partial charge in [-0.2, -0.15) is 0 Å². The third-order valence-electron chi connectivity index (χ3n) is 3.61. The number of pyridine rings is 1. The van der Waals surface area contributed by atoms with E-state index in [9.17, 15) is 0 Å². The molecule has 3 rings (SSSR count). The van der Waals surface area contributed by atoms with Crippen LogP contribution < -0.4 is 11.2 Å². The third kappa shape index (κ3) is 2.85. The van der Waals surface area contributed by atoms with E-state index < -0.39 is 0 Å². The van der Waals surface area contributed by atoms with E-state index in [1.807, 2.05) is 18.2 Å². The number of para-hydroxylation sites is 1. The number of fused-ring (bicyclic) bond motifs is 3. The molecule has 0 amide bonds. The smallest absolute Gasteiger partial charge is 0.152 e. The maximum atomic E-state index is 6.13. The molecule has 0 unspecified atom stereocenters. The number of rotatable bonds is 6. The summed E-state index contributed by atoms with van der Waals surface area (Å²) in [6, 6.07) is 7.98. The number of imidazole rings is 1. The van der Waals surface area contributed by atoms with Crippen molar-refractivity contribution >= 4 is 27.8 Å². The molecule has 120 valence electrons. The quantitative estimate of drug-likeness (QED) is 0.540. The van der Waals surface area contributed by atoms with Gasteiger partial charge in [-0.15, -0.1) is 0 Å². The average Bonchev–Trinajstić information content (AvgIpc) is 2.87. The van der Waals surface area contributed by atoms with E-state index >= 15 is 0 Å². The molecule has 0 radical (unpaired) electrons. The molecule has 0 bridgehead atoms. The zero-order valence-electron chi connectivity index (χ0n) is 13.4. The van der Waals surface area contributed by atoms with Crippen molar-refractivity contribution in [3.8, 4) is 0 Å². The summed E-state index contributed by atoms with van der Waals surface area (Å²) < 4.78 is 2.17. The van der Waals surface area contributed by atoms with Crippen molar-refractivity contribution in [2.24, 2.45) is 5.92 Å². The molecule has 0 aliphatic carbocycles. The number of hydrogen-bond acceptors (Lipinski definition) is 5. The number of nitrogens with one attached hydrogen (secondary N) is 1. The van der Waals surface area contributed by atoms with Crippen LogP contribution in [0.5, 0.6) is 0 Å². The van der Waals surface area contributed by atoms with Crippen LogP contribution >= 0.6 is 0 Å². The van der Waals surface area contributed by atoms with Gasteiger partial charge in [-0.3, -0.25) is 10.3 Å². The largest absolute Gasteiger partial charge is 0.382 e. The first-order valence-electron chi connectivity index (χ1n) is 7.63. The normalized spacial score (nSPS) is 11.4. The van der Waals surface area contributed by atoms with Crippen molar-refractivity contribution in [1.82, 2.24) is 20.0 Å². The molecule has 23 heavy (non-hydrogen) atoms. The highest BCUT2D eigenvalue weighted by atomic mass is 16.6. The van der Waals surface area contributed by atoms with Gasteiger partial charge in [0.1, 0.15) is 17.9 Å². The number of anilines is 1. The van der Waals surface area contributed by atoms with Gasteiger partial charge in [0.2, 0.25) is 0 Å². The number of hydrogen-bond donors (Lipinski definition) is 2. The van der Waals surface area contributed by atoms with E-state index in [1.165, 1.54) is 6.20 Å². The summed E-state index contributed by atoms with van der Waals surface area (Å²) in [5.74, 6) is 1.72. The first kappa shape index (κ1) is 15.3. The summed E-state index contributed by atoms with van der Waals surface area (Å²) in [5.41, 5.74) is 11.4. The molecular weight excluding hydrogens is 290 g/mol. The standard InChI is InChI=1S/C17H21N5O/c1-4-19-23-10-14-21-15-16(22(14)9-11(2)3)12-7-5-6-8-13(12)20-17(15)18/h4-8,11,19H,1,9-10H2,2-3H3,(H2,18,20). The van der Waals surface area contributed by atoms with E-state index in [4.69, 9.17) is 10.6 Å². The van der Waals surface area contributed by atoms with Gasteiger partial charge in [-0.1, -0.05) is 38.6 Å². The Bertz CT molecular complexity index is 853. The predicted octanol–water partition coefficient (Wildman–Crippen LogP) is 2.99. The Morgan fingerprint density at radius 1 is 1.35 bits per heavy atom. The van der Waals surface area contributed by atoms with Crippen LogP contribution in [-0.2, 0) is 18.0 Å². The molecule has 1 aromatic carbocycles. The Hall–Kier alpha value is -2.60. The minimum atomic E-state index is 0.321. The Morgan fingerprint density at radius 2 is 2.13 bits per heavy atom. The minimum Gasteiger partial charge on any atom is -0.382 e. The van der Waals surface area contributed by atoms with E-state index in [-0.39, 0.29) is 0 Å². The summed E-state index contributed by atoms with van der Waals surface area (Å²) in [4.78, 5) is 14.5. The van der Waals surface area contributed by atoms with Gasteiger partial charge in [0.15, 0.2) is 5.82 Å². The summed E-state index contributed by atoms with van der Waals surface area (Å²) in [5, 5.41) is 1.05. The zero-order valence-corrected chi connectivity index (χ0v) is 13.4. The second kappa shape index (κ2) is 6.26. The molecule has 3 aromatic rings. The maximum absolute atomic E-state index is 6.13. The lowest BCUT2D eigenvalue weighted by molar-refractivity contribution is 0.0515. The number of nitrogens with zero attached hydrogens (tertiary/aromatic N) is 3. The number of hydroxylamine groups is 1. The van der Waals surface area contributed by atoms with Crippen LogP contribution in [-0.4, -0.2) is 14.5 Å². The first-order valence-corrected chi connectivity index (χ1v) is 7.63. The molecule has 2 heterocycles. The van der Waals surface area contributed by atoms with Gasteiger partial charge in [-0.05, 0) is 12.0 Å². The van der Waals surface area contributed by atoms with Crippen molar-refractivity contribution in [2.75, 3.05) is 5.73 Å². The molecule has 2 aromatic heterocycles. The van der Waals surface area contributed by atoms with Gasteiger partial charge >= 0.3 is 0 Å². The molecule has 0 aliphatic heterocycles. The van der Waals surface area contributed by atoms with Crippen molar-refractivity contribution in [1.29, 1.82) is 0 Å². The molecule has 0 atom stereocenters. The van der Waals surface area contributed by atoms with Crippen LogP contribution in [0.4, 0.5) is 5.82 Å². The van der Waals surface area contributed by atoms with Gasteiger partial charge in [-0.25, -0.2) is 9.97 Å². The molecular formula is C17H21N5O. The topological polar surface area (TPSA) is 78.0 Å². The van der Waals surface area contributed by atoms with Crippen LogP contribution in [0.2, 0.25) is 0 Å². The average molecular weight is 311 g/mol. The molecule has 0 saturated heterocycles. The lowest BCUT2D eigenvalue weighted by Crippen LogP contribution is -2.13. The van der Waals surface area contributed by atoms with Crippen molar-refractivity contribution in [3.05, 3.63) is 42.9 Å². The van der Waals surface area contributed by atoms with Gasteiger partial charge < -0.3 is 10.3 Å². The predicted molar refractivity (Wildman–Crippen MR) is 92.4 cm³/mol. The van der Waals surface area contributed by atoms with Crippen LogP contribution in [0.3, 0.4) is 0 Å². The monoisotopic (exact) mass is 311 g/mol. The van der Waals surface area contributed by atoms with E-state index in [2.05, 4.69) is 46.5 Å². The van der Waals surface area contributed by atoms with E-state index in [1.54, 1.807) is 0 Å². The molecule has 0 fully saturated rings. The zero-order chi connectivity index (χ0) is 16.4. The first-order chi connectivity index (χ1) is 11.1. The minimum absolute atomic E-state index is 0.321. The van der Waals surface area contributed by atoms with Crippen LogP contribution in [0.1, 0.15) is 19.7 Å². The number of nitrogens with two attached hydrogens (primary N) is 1. The lowest BCUT2D eigenvalue weighted by Gasteiger charge is -2.13. The highest BCUT2D eigenvalue weighted by molar-refractivity contribution is 6.06. The third-order valence-corrected chi connectivity index (χ3v) is 3.61. The molecule has 3 N–H and O–H groups in total. The van der Waals surface area contributed by atoms with Crippen LogP contribution in [0, 0.1) is 5.92 Å². The summed E-state index contributed by atoms with van der Waals surface area (Å²) in [7, 11) is 0. The summed E-state index contributed by atoms with van der Waals surface area (Å²) >= 11 is 0. The number of benzene rings is 1. The SMILES string of the molecule is C=CNOCc1nc2c(N)nc3ccccc3c2n1CC(C)C. The van der Waals surface area contributed by atoms with Gasteiger partial charge in [0.25, 0.3) is 0 Å². The second-order valence-corrected chi connectivity index (χ2v) is 5.85. The Morgan fingerprint density at radius 3 is 2.87 bits per heavy atom. The molecule has 6 heteroatoms. The Balaban J connectivity index is 2.24.